The molecule has 2 rings (SSSR count). The second kappa shape index (κ2) is 4.98. The Kier molecular flexibility index (Phi) is 3.62. The lowest BCUT2D eigenvalue weighted by Gasteiger charge is -2.23. The van der Waals surface area contributed by atoms with Gasteiger partial charge in [-0.15, -0.1) is 0 Å². The molecule has 1 saturated heterocycles. The molecular weight excluding hydrogens is 196 g/mol. The van der Waals surface area contributed by atoms with E-state index < -0.39 is 0 Å². The van der Waals surface area contributed by atoms with Gasteiger partial charge in [-0.3, -0.25) is 4.90 Å². The highest BCUT2D eigenvalue weighted by atomic mass is 15.2. The van der Waals surface area contributed by atoms with E-state index in [1.165, 1.54) is 36.1 Å². The second-order valence-corrected chi connectivity index (χ2v) is 5.00. The van der Waals surface area contributed by atoms with Crippen LogP contribution in [0, 0.1) is 13.8 Å². The standard InChI is InChI=1S/C14H22N2/c1-11-6-12(2)8-13(7-11)10-16-5-3-4-14(16)9-15/h6-8,14H,3-5,9-10,15H2,1-2H3. The number of likely N-dealkylation sites (tertiary alicyclic amines) is 1. The van der Waals surface area contributed by atoms with E-state index in [9.17, 15) is 0 Å². The molecule has 2 nitrogen and oxygen atoms in total. The average molecular weight is 218 g/mol. The minimum absolute atomic E-state index is 0.598. The Hall–Kier alpha value is -0.860. The van der Waals surface area contributed by atoms with Crippen molar-refractivity contribution in [3.05, 3.63) is 34.9 Å². The van der Waals surface area contributed by atoms with Crippen LogP contribution in [0.5, 0.6) is 0 Å². The maximum absolute atomic E-state index is 5.80. The molecule has 0 aliphatic carbocycles. The van der Waals surface area contributed by atoms with Crippen molar-refractivity contribution < 1.29 is 0 Å². The third-order valence-electron chi connectivity index (χ3n) is 3.44. The van der Waals surface area contributed by atoms with E-state index in [1.807, 2.05) is 0 Å². The summed E-state index contributed by atoms with van der Waals surface area (Å²) in [5, 5.41) is 0. The van der Waals surface area contributed by atoms with Crippen LogP contribution in [0.4, 0.5) is 0 Å². The van der Waals surface area contributed by atoms with Gasteiger partial charge < -0.3 is 5.73 Å². The smallest absolute Gasteiger partial charge is 0.0237 e. The first-order valence-electron chi connectivity index (χ1n) is 6.20. The lowest BCUT2D eigenvalue weighted by Crippen LogP contribution is -2.34. The Bertz CT molecular complexity index is 340. The van der Waals surface area contributed by atoms with E-state index >= 15 is 0 Å². The number of benzene rings is 1. The molecule has 1 heterocycles. The van der Waals surface area contributed by atoms with Gasteiger partial charge >= 0.3 is 0 Å². The molecule has 2 heteroatoms. The van der Waals surface area contributed by atoms with Crippen LogP contribution in [0.3, 0.4) is 0 Å². The molecule has 0 amide bonds. The van der Waals surface area contributed by atoms with Crippen LogP contribution in [0.2, 0.25) is 0 Å². The largest absolute Gasteiger partial charge is 0.329 e. The van der Waals surface area contributed by atoms with Crippen molar-refractivity contribution in [3.63, 3.8) is 0 Å². The Morgan fingerprint density at radius 3 is 2.56 bits per heavy atom. The zero-order valence-corrected chi connectivity index (χ0v) is 10.4. The molecule has 88 valence electrons. The molecule has 16 heavy (non-hydrogen) atoms. The molecule has 1 fully saturated rings. The average Bonchev–Trinajstić information content (AvgIpc) is 2.63. The van der Waals surface area contributed by atoms with Crippen LogP contribution >= 0.6 is 0 Å². The summed E-state index contributed by atoms with van der Waals surface area (Å²) < 4.78 is 0. The molecular formula is C14H22N2. The number of rotatable bonds is 3. The van der Waals surface area contributed by atoms with E-state index in [0.29, 0.717) is 6.04 Å². The number of hydrogen-bond donors (Lipinski definition) is 1. The topological polar surface area (TPSA) is 29.3 Å². The summed E-state index contributed by atoms with van der Waals surface area (Å²) >= 11 is 0. The maximum atomic E-state index is 5.80. The van der Waals surface area contributed by atoms with Crippen LogP contribution in [0.15, 0.2) is 18.2 Å². The predicted molar refractivity (Wildman–Crippen MR) is 68.4 cm³/mol. The molecule has 2 N–H and O–H groups in total. The van der Waals surface area contributed by atoms with Gasteiger partial charge in [0.1, 0.15) is 0 Å². The van der Waals surface area contributed by atoms with Gasteiger partial charge in [0.15, 0.2) is 0 Å². The fourth-order valence-electron chi connectivity index (χ4n) is 2.77. The molecule has 0 spiro atoms. The van der Waals surface area contributed by atoms with Gasteiger partial charge in [-0.25, -0.2) is 0 Å². The Morgan fingerprint density at radius 2 is 1.94 bits per heavy atom. The molecule has 1 atom stereocenters. The van der Waals surface area contributed by atoms with E-state index in [1.54, 1.807) is 0 Å². The van der Waals surface area contributed by atoms with Gasteiger partial charge in [0.05, 0.1) is 0 Å². The molecule has 0 aromatic heterocycles. The summed E-state index contributed by atoms with van der Waals surface area (Å²) in [5.74, 6) is 0. The van der Waals surface area contributed by atoms with Gasteiger partial charge in [-0.2, -0.15) is 0 Å². The third kappa shape index (κ3) is 2.63. The van der Waals surface area contributed by atoms with Crippen LogP contribution in [0.25, 0.3) is 0 Å². The molecule has 1 unspecified atom stereocenters. The summed E-state index contributed by atoms with van der Waals surface area (Å²) in [6, 6.07) is 7.41. The molecule has 1 aromatic rings. The molecule has 1 aromatic carbocycles. The van der Waals surface area contributed by atoms with E-state index in [2.05, 4.69) is 36.9 Å². The second-order valence-electron chi connectivity index (χ2n) is 5.00. The third-order valence-corrected chi connectivity index (χ3v) is 3.44. The van der Waals surface area contributed by atoms with Crippen molar-refractivity contribution in [2.24, 2.45) is 5.73 Å². The highest BCUT2D eigenvalue weighted by molar-refractivity contribution is 5.28. The minimum Gasteiger partial charge on any atom is -0.329 e. The van der Waals surface area contributed by atoms with Gasteiger partial charge in [0, 0.05) is 19.1 Å². The number of hydrogen-bond acceptors (Lipinski definition) is 2. The quantitative estimate of drug-likeness (QED) is 0.843. The molecule has 1 aliphatic heterocycles. The molecule has 0 bridgehead atoms. The lowest BCUT2D eigenvalue weighted by atomic mass is 10.1. The zero-order valence-electron chi connectivity index (χ0n) is 10.4. The van der Waals surface area contributed by atoms with Gasteiger partial charge in [-0.1, -0.05) is 29.3 Å². The van der Waals surface area contributed by atoms with Crippen molar-refractivity contribution in [1.29, 1.82) is 0 Å². The van der Waals surface area contributed by atoms with Crippen LogP contribution in [0.1, 0.15) is 29.5 Å². The highest BCUT2D eigenvalue weighted by Gasteiger charge is 2.22. The van der Waals surface area contributed by atoms with Crippen molar-refractivity contribution >= 4 is 0 Å². The number of nitrogens with two attached hydrogens (primary N) is 1. The summed E-state index contributed by atoms with van der Waals surface area (Å²) in [5.41, 5.74) is 9.94. The first-order chi connectivity index (χ1) is 7.69. The SMILES string of the molecule is Cc1cc(C)cc(CN2CCCC2CN)c1. The monoisotopic (exact) mass is 218 g/mol. The van der Waals surface area contributed by atoms with Crippen LogP contribution < -0.4 is 5.73 Å². The van der Waals surface area contributed by atoms with Crippen molar-refractivity contribution in [1.82, 2.24) is 4.90 Å². The zero-order chi connectivity index (χ0) is 11.5. The van der Waals surface area contributed by atoms with Gasteiger partial charge in [-0.05, 0) is 38.8 Å². The fourth-order valence-corrected chi connectivity index (χ4v) is 2.77. The van der Waals surface area contributed by atoms with E-state index in [4.69, 9.17) is 5.73 Å². The van der Waals surface area contributed by atoms with Gasteiger partial charge in [0.25, 0.3) is 0 Å². The normalized spacial score (nSPS) is 21.6. The van der Waals surface area contributed by atoms with E-state index in [0.717, 1.165) is 13.1 Å². The maximum Gasteiger partial charge on any atom is 0.0237 e. The van der Waals surface area contributed by atoms with Crippen LogP contribution in [-0.2, 0) is 6.54 Å². The number of nitrogens with zero attached hydrogens (tertiary/aromatic N) is 1. The van der Waals surface area contributed by atoms with Crippen molar-refractivity contribution in [2.75, 3.05) is 13.1 Å². The fraction of sp³-hybridized carbons (Fsp3) is 0.571. The van der Waals surface area contributed by atoms with E-state index in [-0.39, 0.29) is 0 Å². The lowest BCUT2D eigenvalue weighted by molar-refractivity contribution is 0.250. The highest BCUT2D eigenvalue weighted by Crippen LogP contribution is 2.20. The Morgan fingerprint density at radius 1 is 1.25 bits per heavy atom. The summed E-state index contributed by atoms with van der Waals surface area (Å²) in [6.07, 6.45) is 2.56. The van der Waals surface area contributed by atoms with Gasteiger partial charge in [0.2, 0.25) is 0 Å². The first-order valence-corrected chi connectivity index (χ1v) is 6.20. The summed E-state index contributed by atoms with van der Waals surface area (Å²) in [7, 11) is 0. The Balaban J connectivity index is 2.08. The predicted octanol–water partition coefficient (Wildman–Crippen LogP) is 2.23. The first kappa shape index (κ1) is 11.6. The summed E-state index contributed by atoms with van der Waals surface area (Å²) in [6.45, 7) is 7.39. The van der Waals surface area contributed by atoms with Crippen molar-refractivity contribution in [3.8, 4) is 0 Å². The number of aryl methyl sites for hydroxylation is 2. The minimum atomic E-state index is 0.598. The van der Waals surface area contributed by atoms with Crippen molar-refractivity contribution in [2.45, 2.75) is 39.3 Å². The molecule has 0 saturated carbocycles. The molecule has 1 aliphatic rings. The Labute approximate surface area is 98.4 Å². The summed E-state index contributed by atoms with van der Waals surface area (Å²) in [4.78, 5) is 2.52. The molecule has 0 radical (unpaired) electrons. The van der Waals surface area contributed by atoms with Crippen LogP contribution in [-0.4, -0.2) is 24.0 Å².